The summed E-state index contributed by atoms with van der Waals surface area (Å²) in [6, 6.07) is 27.1. The molecule has 0 aliphatic rings. The van der Waals surface area contributed by atoms with Gasteiger partial charge in [-0.2, -0.15) is 0 Å². The van der Waals surface area contributed by atoms with Gasteiger partial charge in [0, 0.05) is 5.39 Å². The van der Waals surface area contributed by atoms with Crippen LogP contribution in [0.15, 0.2) is 78.9 Å². The highest BCUT2D eigenvalue weighted by Crippen LogP contribution is 2.29. The van der Waals surface area contributed by atoms with E-state index in [1.165, 1.54) is 21.9 Å². The van der Waals surface area contributed by atoms with Crippen LogP contribution in [0.4, 0.5) is 0 Å². The lowest BCUT2D eigenvalue weighted by atomic mass is 9.98. The minimum Gasteiger partial charge on any atom is -0.507 e. The number of rotatable bonds is 3. The van der Waals surface area contributed by atoms with Crippen LogP contribution in [-0.2, 0) is 12.8 Å². The number of hydrogen-bond donors (Lipinski definition) is 1. The highest BCUT2D eigenvalue weighted by Gasteiger charge is 2.03. The Kier molecular flexibility index (Phi) is 3.47. The Labute approximate surface area is 135 Å². The van der Waals surface area contributed by atoms with Gasteiger partial charge < -0.3 is 5.11 Å². The maximum absolute atomic E-state index is 10.1. The first kappa shape index (κ1) is 13.8. The fourth-order valence-electron chi connectivity index (χ4n) is 3.15. The summed E-state index contributed by atoms with van der Waals surface area (Å²) >= 11 is 0. The summed E-state index contributed by atoms with van der Waals surface area (Å²) in [6.07, 6.45) is 2.07. The van der Waals surface area contributed by atoms with Gasteiger partial charge in [0.05, 0.1) is 0 Å². The Balaban J connectivity index is 1.69. The first-order chi connectivity index (χ1) is 11.3. The van der Waals surface area contributed by atoms with Crippen molar-refractivity contribution in [1.29, 1.82) is 0 Å². The molecular weight excluding hydrogens is 280 g/mol. The van der Waals surface area contributed by atoms with Crippen LogP contribution >= 0.6 is 0 Å². The fourth-order valence-corrected chi connectivity index (χ4v) is 3.15. The SMILES string of the molecule is Oc1cccc2cc3ccc(CCc4ccccc4)cc3cc12. The van der Waals surface area contributed by atoms with Crippen LogP contribution in [-0.4, -0.2) is 5.11 Å². The molecule has 0 saturated heterocycles. The standard InChI is InChI=1S/C22H18O/c23-22-8-4-7-19-14-18-12-11-17(13-20(18)15-21(19)22)10-9-16-5-2-1-3-6-16/h1-8,11-15,23H,9-10H2. The molecule has 1 heteroatoms. The largest absolute Gasteiger partial charge is 0.507 e. The molecule has 1 N–H and O–H groups in total. The summed E-state index contributed by atoms with van der Waals surface area (Å²) in [4.78, 5) is 0. The van der Waals surface area contributed by atoms with Crippen LogP contribution in [0.1, 0.15) is 11.1 Å². The molecule has 4 rings (SSSR count). The summed E-state index contributed by atoms with van der Waals surface area (Å²) in [5.74, 6) is 0.346. The normalized spacial score (nSPS) is 11.1. The summed E-state index contributed by atoms with van der Waals surface area (Å²) in [5, 5.41) is 14.4. The molecule has 0 radical (unpaired) electrons. The topological polar surface area (TPSA) is 20.2 Å². The Morgan fingerprint density at radius 2 is 1.39 bits per heavy atom. The third-order valence-electron chi connectivity index (χ3n) is 4.42. The second-order valence-electron chi connectivity index (χ2n) is 6.02. The predicted octanol–water partition coefficient (Wildman–Crippen LogP) is 5.48. The summed E-state index contributed by atoms with van der Waals surface area (Å²) < 4.78 is 0. The van der Waals surface area contributed by atoms with E-state index >= 15 is 0 Å². The van der Waals surface area contributed by atoms with Crippen LogP contribution in [0.25, 0.3) is 21.5 Å². The second kappa shape index (κ2) is 5.77. The van der Waals surface area contributed by atoms with Gasteiger partial charge in [-0.05, 0) is 58.3 Å². The molecule has 0 heterocycles. The lowest BCUT2D eigenvalue weighted by molar-refractivity contribution is 0.481. The number of aryl methyl sites for hydroxylation is 2. The molecule has 0 atom stereocenters. The average Bonchev–Trinajstić information content (AvgIpc) is 2.60. The highest BCUT2D eigenvalue weighted by molar-refractivity contribution is 6.00. The molecule has 112 valence electrons. The number of phenolic OH excluding ortho intramolecular Hbond substituents is 1. The van der Waals surface area contributed by atoms with Crippen molar-refractivity contribution >= 4 is 21.5 Å². The van der Waals surface area contributed by atoms with Crippen molar-refractivity contribution in [2.24, 2.45) is 0 Å². The molecule has 4 aromatic carbocycles. The molecule has 0 spiro atoms. The van der Waals surface area contributed by atoms with Crippen molar-refractivity contribution in [2.75, 3.05) is 0 Å². The van der Waals surface area contributed by atoms with Gasteiger partial charge in [0.25, 0.3) is 0 Å². The number of fused-ring (bicyclic) bond motifs is 2. The van der Waals surface area contributed by atoms with E-state index in [0.29, 0.717) is 5.75 Å². The van der Waals surface area contributed by atoms with E-state index in [-0.39, 0.29) is 0 Å². The Hall–Kier alpha value is -2.80. The van der Waals surface area contributed by atoms with Gasteiger partial charge in [-0.3, -0.25) is 0 Å². The Morgan fingerprint density at radius 3 is 2.26 bits per heavy atom. The number of hydrogen-bond acceptors (Lipinski definition) is 1. The second-order valence-corrected chi connectivity index (χ2v) is 6.02. The zero-order chi connectivity index (χ0) is 15.6. The molecule has 1 nitrogen and oxygen atoms in total. The molecule has 0 aromatic heterocycles. The molecular formula is C22H18O. The van der Waals surface area contributed by atoms with Crippen LogP contribution in [0.2, 0.25) is 0 Å². The minimum atomic E-state index is 0.346. The molecule has 0 aliphatic carbocycles. The van der Waals surface area contributed by atoms with E-state index in [4.69, 9.17) is 0 Å². The maximum atomic E-state index is 10.1. The smallest absolute Gasteiger partial charge is 0.123 e. The molecule has 0 bridgehead atoms. The van der Waals surface area contributed by atoms with E-state index in [9.17, 15) is 5.11 Å². The average molecular weight is 298 g/mol. The van der Waals surface area contributed by atoms with Gasteiger partial charge in [-0.15, -0.1) is 0 Å². The van der Waals surface area contributed by atoms with Gasteiger partial charge >= 0.3 is 0 Å². The lowest BCUT2D eigenvalue weighted by Gasteiger charge is -2.07. The molecule has 0 amide bonds. The van der Waals surface area contributed by atoms with E-state index < -0.39 is 0 Å². The van der Waals surface area contributed by atoms with Crippen molar-refractivity contribution in [2.45, 2.75) is 12.8 Å². The van der Waals surface area contributed by atoms with Gasteiger partial charge in [-0.25, -0.2) is 0 Å². The molecule has 0 fully saturated rings. The Bertz CT molecular complexity index is 971. The molecule has 4 aromatic rings. The number of phenols is 1. The van der Waals surface area contributed by atoms with Gasteiger partial charge in [-0.1, -0.05) is 60.7 Å². The zero-order valence-corrected chi connectivity index (χ0v) is 12.9. The fraction of sp³-hybridized carbons (Fsp3) is 0.0909. The summed E-state index contributed by atoms with van der Waals surface area (Å²) in [7, 11) is 0. The highest BCUT2D eigenvalue weighted by atomic mass is 16.3. The Morgan fingerprint density at radius 1 is 0.565 bits per heavy atom. The molecule has 0 aliphatic heterocycles. The first-order valence-corrected chi connectivity index (χ1v) is 7.98. The lowest BCUT2D eigenvalue weighted by Crippen LogP contribution is -1.91. The number of aromatic hydroxyl groups is 1. The third-order valence-corrected chi connectivity index (χ3v) is 4.42. The summed E-state index contributed by atoms with van der Waals surface area (Å²) in [5.41, 5.74) is 2.69. The van der Waals surface area contributed by atoms with E-state index in [2.05, 4.69) is 60.7 Å². The first-order valence-electron chi connectivity index (χ1n) is 7.98. The van der Waals surface area contributed by atoms with Crippen molar-refractivity contribution in [3.8, 4) is 5.75 Å². The van der Waals surface area contributed by atoms with Crippen molar-refractivity contribution in [3.05, 3.63) is 90.0 Å². The minimum absolute atomic E-state index is 0.346. The van der Waals surface area contributed by atoms with Gasteiger partial charge in [0.15, 0.2) is 0 Å². The number of benzene rings is 4. The van der Waals surface area contributed by atoms with Gasteiger partial charge in [0.2, 0.25) is 0 Å². The van der Waals surface area contributed by atoms with Crippen LogP contribution in [0.5, 0.6) is 5.75 Å². The monoisotopic (exact) mass is 298 g/mol. The predicted molar refractivity (Wildman–Crippen MR) is 97.0 cm³/mol. The molecule has 0 unspecified atom stereocenters. The van der Waals surface area contributed by atoms with Crippen LogP contribution in [0, 0.1) is 0 Å². The van der Waals surface area contributed by atoms with Crippen molar-refractivity contribution in [1.82, 2.24) is 0 Å². The molecule has 0 saturated carbocycles. The van der Waals surface area contributed by atoms with Crippen molar-refractivity contribution < 1.29 is 5.11 Å². The maximum Gasteiger partial charge on any atom is 0.123 e. The van der Waals surface area contributed by atoms with Gasteiger partial charge in [0.1, 0.15) is 5.75 Å². The van der Waals surface area contributed by atoms with E-state index in [1.807, 2.05) is 12.1 Å². The third kappa shape index (κ3) is 2.78. The van der Waals surface area contributed by atoms with Crippen LogP contribution < -0.4 is 0 Å². The van der Waals surface area contributed by atoms with Crippen molar-refractivity contribution in [3.63, 3.8) is 0 Å². The molecule has 23 heavy (non-hydrogen) atoms. The summed E-state index contributed by atoms with van der Waals surface area (Å²) in [6.45, 7) is 0. The van der Waals surface area contributed by atoms with Crippen LogP contribution in [0.3, 0.4) is 0 Å². The van der Waals surface area contributed by atoms with E-state index in [1.54, 1.807) is 6.07 Å². The van der Waals surface area contributed by atoms with E-state index in [0.717, 1.165) is 23.6 Å². The quantitative estimate of drug-likeness (QED) is 0.496. The zero-order valence-electron chi connectivity index (χ0n) is 12.9.